The molecule has 1 heterocycles. The van der Waals surface area contributed by atoms with Crippen molar-refractivity contribution >= 4 is 10.2 Å². The zero-order valence-electron chi connectivity index (χ0n) is 12.6. The fourth-order valence-corrected chi connectivity index (χ4v) is 4.08. The summed E-state index contributed by atoms with van der Waals surface area (Å²) >= 11 is 0. The SMILES string of the molecule is CNCC1CCCN(S(=O)(=O)NCCc2ccccc2)C1. The van der Waals surface area contributed by atoms with Crippen LogP contribution >= 0.6 is 0 Å². The minimum atomic E-state index is -3.35. The van der Waals surface area contributed by atoms with E-state index in [1.807, 2.05) is 37.4 Å². The minimum absolute atomic E-state index is 0.412. The molecule has 1 fully saturated rings. The predicted octanol–water partition coefficient (Wildman–Crippen LogP) is 0.995. The lowest BCUT2D eigenvalue weighted by molar-refractivity contribution is 0.261. The van der Waals surface area contributed by atoms with E-state index in [0.717, 1.165) is 24.9 Å². The highest BCUT2D eigenvalue weighted by Gasteiger charge is 2.27. The molecule has 0 saturated carbocycles. The maximum atomic E-state index is 12.3. The Morgan fingerprint density at radius 1 is 1.29 bits per heavy atom. The Bertz CT molecular complexity index is 517. The van der Waals surface area contributed by atoms with Crippen LogP contribution in [0.4, 0.5) is 0 Å². The summed E-state index contributed by atoms with van der Waals surface area (Å²) in [5, 5.41) is 3.13. The maximum absolute atomic E-state index is 12.3. The second-order valence-electron chi connectivity index (χ2n) is 5.56. The van der Waals surface area contributed by atoms with Crippen molar-refractivity contribution in [3.8, 4) is 0 Å². The molecule has 0 radical (unpaired) electrons. The first-order valence-corrected chi connectivity index (χ1v) is 8.99. The maximum Gasteiger partial charge on any atom is 0.279 e. The molecule has 1 aromatic carbocycles. The van der Waals surface area contributed by atoms with Crippen molar-refractivity contribution in [2.45, 2.75) is 19.3 Å². The van der Waals surface area contributed by atoms with Gasteiger partial charge in [-0.15, -0.1) is 0 Å². The van der Waals surface area contributed by atoms with Gasteiger partial charge in [-0.2, -0.15) is 12.7 Å². The smallest absolute Gasteiger partial charge is 0.279 e. The van der Waals surface area contributed by atoms with E-state index in [1.54, 1.807) is 4.31 Å². The molecule has 0 aromatic heterocycles. The molecule has 1 saturated heterocycles. The zero-order chi connectivity index (χ0) is 15.1. The Balaban J connectivity index is 1.83. The van der Waals surface area contributed by atoms with Crippen LogP contribution in [0.1, 0.15) is 18.4 Å². The van der Waals surface area contributed by atoms with Crippen LogP contribution in [0.2, 0.25) is 0 Å². The molecule has 118 valence electrons. The summed E-state index contributed by atoms with van der Waals surface area (Å²) < 4.78 is 28.9. The van der Waals surface area contributed by atoms with Gasteiger partial charge in [0, 0.05) is 19.6 Å². The summed E-state index contributed by atoms with van der Waals surface area (Å²) in [5.74, 6) is 0.412. The molecule has 0 spiro atoms. The fraction of sp³-hybridized carbons (Fsp3) is 0.600. The Morgan fingerprint density at radius 3 is 2.76 bits per heavy atom. The Morgan fingerprint density at radius 2 is 2.05 bits per heavy atom. The summed E-state index contributed by atoms with van der Waals surface area (Å²) in [6, 6.07) is 9.92. The van der Waals surface area contributed by atoms with Gasteiger partial charge in [-0.1, -0.05) is 30.3 Å². The van der Waals surface area contributed by atoms with Gasteiger partial charge >= 0.3 is 0 Å². The molecule has 1 unspecified atom stereocenters. The lowest BCUT2D eigenvalue weighted by Gasteiger charge is -2.31. The predicted molar refractivity (Wildman–Crippen MR) is 85.3 cm³/mol. The molecule has 21 heavy (non-hydrogen) atoms. The van der Waals surface area contributed by atoms with E-state index in [-0.39, 0.29) is 0 Å². The van der Waals surface area contributed by atoms with Gasteiger partial charge in [-0.05, 0) is 44.3 Å². The van der Waals surface area contributed by atoms with E-state index in [2.05, 4.69) is 10.0 Å². The van der Waals surface area contributed by atoms with E-state index in [4.69, 9.17) is 0 Å². The first kappa shape index (κ1) is 16.4. The number of benzene rings is 1. The average molecular weight is 311 g/mol. The highest BCUT2D eigenvalue weighted by Crippen LogP contribution is 2.17. The minimum Gasteiger partial charge on any atom is -0.319 e. The van der Waals surface area contributed by atoms with Crippen LogP contribution in [0.3, 0.4) is 0 Å². The normalized spacial score (nSPS) is 20.5. The molecule has 2 N–H and O–H groups in total. The van der Waals surface area contributed by atoms with Crippen LogP contribution in [0.5, 0.6) is 0 Å². The largest absolute Gasteiger partial charge is 0.319 e. The van der Waals surface area contributed by atoms with Gasteiger partial charge in [0.25, 0.3) is 10.2 Å². The standard InChI is InChI=1S/C15H25N3O2S/c1-16-12-15-8-5-11-18(13-15)21(19,20)17-10-9-14-6-3-2-4-7-14/h2-4,6-7,15-17H,5,8-13H2,1H3. The molecular weight excluding hydrogens is 286 g/mol. The molecule has 0 aliphatic carbocycles. The zero-order valence-corrected chi connectivity index (χ0v) is 13.4. The third-order valence-corrected chi connectivity index (χ3v) is 5.44. The second-order valence-corrected chi connectivity index (χ2v) is 7.31. The summed E-state index contributed by atoms with van der Waals surface area (Å²) in [6.07, 6.45) is 2.75. The van der Waals surface area contributed by atoms with Crippen LogP contribution in [-0.4, -0.2) is 45.9 Å². The van der Waals surface area contributed by atoms with E-state index in [9.17, 15) is 8.42 Å². The molecule has 0 amide bonds. The average Bonchev–Trinajstić information content (AvgIpc) is 2.49. The van der Waals surface area contributed by atoms with E-state index >= 15 is 0 Å². The monoisotopic (exact) mass is 311 g/mol. The molecule has 1 aromatic rings. The molecule has 6 heteroatoms. The number of hydrogen-bond acceptors (Lipinski definition) is 3. The van der Waals surface area contributed by atoms with Gasteiger partial charge in [-0.3, -0.25) is 0 Å². The molecule has 0 bridgehead atoms. The summed E-state index contributed by atoms with van der Waals surface area (Å²) in [4.78, 5) is 0. The van der Waals surface area contributed by atoms with Crippen LogP contribution in [0.15, 0.2) is 30.3 Å². The van der Waals surface area contributed by atoms with Crippen LogP contribution in [-0.2, 0) is 16.6 Å². The van der Waals surface area contributed by atoms with Crippen molar-refractivity contribution in [1.82, 2.24) is 14.3 Å². The second kappa shape index (κ2) is 7.89. The van der Waals surface area contributed by atoms with Gasteiger partial charge in [0.1, 0.15) is 0 Å². The van der Waals surface area contributed by atoms with Gasteiger partial charge in [0.15, 0.2) is 0 Å². The number of nitrogens with one attached hydrogen (secondary N) is 2. The van der Waals surface area contributed by atoms with Gasteiger partial charge in [0.2, 0.25) is 0 Å². The van der Waals surface area contributed by atoms with Crippen molar-refractivity contribution in [3.63, 3.8) is 0 Å². The first-order valence-electron chi connectivity index (χ1n) is 7.55. The van der Waals surface area contributed by atoms with Crippen molar-refractivity contribution in [1.29, 1.82) is 0 Å². The third kappa shape index (κ3) is 5.07. The lowest BCUT2D eigenvalue weighted by Crippen LogP contribution is -2.47. The molecule has 1 aliphatic heterocycles. The van der Waals surface area contributed by atoms with Crippen LogP contribution < -0.4 is 10.0 Å². The third-order valence-electron chi connectivity index (χ3n) is 3.86. The first-order chi connectivity index (χ1) is 10.1. The lowest BCUT2D eigenvalue weighted by atomic mass is 10.00. The molecular formula is C15H25N3O2S. The molecule has 1 atom stereocenters. The van der Waals surface area contributed by atoms with Gasteiger partial charge in [0.05, 0.1) is 0 Å². The Labute approximate surface area is 127 Å². The van der Waals surface area contributed by atoms with E-state index in [1.165, 1.54) is 0 Å². The topological polar surface area (TPSA) is 61.4 Å². The highest BCUT2D eigenvalue weighted by molar-refractivity contribution is 7.87. The molecule has 2 rings (SSSR count). The Hall–Kier alpha value is -0.950. The number of hydrogen-bond donors (Lipinski definition) is 2. The quantitative estimate of drug-likeness (QED) is 0.789. The fourth-order valence-electron chi connectivity index (χ4n) is 2.76. The van der Waals surface area contributed by atoms with Crippen LogP contribution in [0.25, 0.3) is 0 Å². The van der Waals surface area contributed by atoms with Crippen molar-refractivity contribution in [2.24, 2.45) is 5.92 Å². The summed E-state index contributed by atoms with van der Waals surface area (Å²) in [5.41, 5.74) is 1.15. The molecule has 5 nitrogen and oxygen atoms in total. The summed E-state index contributed by atoms with van der Waals surface area (Å²) in [7, 11) is -1.44. The van der Waals surface area contributed by atoms with E-state index in [0.29, 0.717) is 32.0 Å². The Kier molecular flexibility index (Phi) is 6.17. The van der Waals surface area contributed by atoms with Crippen molar-refractivity contribution < 1.29 is 8.42 Å². The number of nitrogens with zero attached hydrogens (tertiary/aromatic N) is 1. The van der Waals surface area contributed by atoms with Crippen molar-refractivity contribution in [2.75, 3.05) is 33.2 Å². The van der Waals surface area contributed by atoms with Gasteiger partial charge in [-0.25, -0.2) is 4.72 Å². The van der Waals surface area contributed by atoms with Crippen LogP contribution in [0, 0.1) is 5.92 Å². The van der Waals surface area contributed by atoms with E-state index < -0.39 is 10.2 Å². The summed E-state index contributed by atoms with van der Waals surface area (Å²) in [6.45, 7) is 2.55. The number of piperidine rings is 1. The molecule has 1 aliphatic rings. The number of rotatable bonds is 7. The highest BCUT2D eigenvalue weighted by atomic mass is 32.2. The van der Waals surface area contributed by atoms with Gasteiger partial charge < -0.3 is 5.32 Å². The van der Waals surface area contributed by atoms with Crippen molar-refractivity contribution in [3.05, 3.63) is 35.9 Å².